The fourth-order valence-corrected chi connectivity index (χ4v) is 3.49. The van der Waals surface area contributed by atoms with Crippen LogP contribution in [0.1, 0.15) is 48.5 Å². The molecule has 0 amide bonds. The highest BCUT2D eigenvalue weighted by Crippen LogP contribution is 2.31. The van der Waals surface area contributed by atoms with Crippen molar-refractivity contribution in [2.75, 3.05) is 24.6 Å². The van der Waals surface area contributed by atoms with Crippen LogP contribution >= 0.6 is 11.3 Å². The smallest absolute Gasteiger partial charge is 0.358 e. The number of esters is 1. The van der Waals surface area contributed by atoms with Crippen LogP contribution in [0.4, 0.5) is 5.13 Å². The van der Waals surface area contributed by atoms with Crippen molar-refractivity contribution in [3.05, 3.63) is 10.6 Å². The molecule has 0 N–H and O–H groups in total. The first kappa shape index (κ1) is 14.3. The minimum atomic E-state index is -0.299. The first-order chi connectivity index (χ1) is 9.15. The summed E-state index contributed by atoms with van der Waals surface area (Å²) in [6.45, 7) is 8.51. The Morgan fingerprint density at radius 2 is 2.32 bits per heavy atom. The van der Waals surface area contributed by atoms with E-state index in [2.05, 4.69) is 16.8 Å². The van der Waals surface area contributed by atoms with Crippen molar-refractivity contribution >= 4 is 22.4 Å². The van der Waals surface area contributed by atoms with E-state index in [4.69, 9.17) is 4.74 Å². The summed E-state index contributed by atoms with van der Waals surface area (Å²) in [4.78, 5) is 19.5. The lowest BCUT2D eigenvalue weighted by atomic mass is 10.0. The van der Waals surface area contributed by atoms with Crippen molar-refractivity contribution in [3.8, 4) is 0 Å². The molecule has 0 aliphatic carbocycles. The molecule has 2 rings (SSSR count). The van der Waals surface area contributed by atoms with Gasteiger partial charge in [-0.3, -0.25) is 0 Å². The molecule has 19 heavy (non-hydrogen) atoms. The number of rotatable bonds is 5. The van der Waals surface area contributed by atoms with Crippen LogP contribution < -0.4 is 4.90 Å². The summed E-state index contributed by atoms with van der Waals surface area (Å²) in [6, 6.07) is 0. The van der Waals surface area contributed by atoms with E-state index >= 15 is 0 Å². The maximum absolute atomic E-state index is 11.8. The van der Waals surface area contributed by atoms with Crippen molar-refractivity contribution in [2.45, 2.75) is 40.0 Å². The standard InChI is InChI=1S/C14H22N2O2S/c1-4-6-11-7-8-16(9-11)14-15-12(10(3)19-14)13(17)18-5-2/h11H,4-9H2,1-3H3. The molecule has 106 valence electrons. The van der Waals surface area contributed by atoms with Gasteiger partial charge in [-0.05, 0) is 32.6 Å². The number of nitrogens with zero attached hydrogens (tertiary/aromatic N) is 2. The van der Waals surface area contributed by atoms with Gasteiger partial charge in [0.05, 0.1) is 6.61 Å². The van der Waals surface area contributed by atoms with E-state index in [0.717, 1.165) is 29.0 Å². The average molecular weight is 282 g/mol. The van der Waals surface area contributed by atoms with Gasteiger partial charge in [0, 0.05) is 18.0 Å². The van der Waals surface area contributed by atoms with E-state index in [1.807, 2.05) is 13.8 Å². The molecular formula is C14H22N2O2S. The highest BCUT2D eigenvalue weighted by Gasteiger charge is 2.26. The first-order valence-electron chi connectivity index (χ1n) is 7.05. The van der Waals surface area contributed by atoms with Crippen LogP contribution in [-0.4, -0.2) is 30.6 Å². The normalized spacial score (nSPS) is 18.9. The van der Waals surface area contributed by atoms with Crippen LogP contribution in [0, 0.1) is 12.8 Å². The van der Waals surface area contributed by atoms with Crippen molar-refractivity contribution in [2.24, 2.45) is 5.92 Å². The predicted molar refractivity (Wildman–Crippen MR) is 78.0 cm³/mol. The van der Waals surface area contributed by atoms with Gasteiger partial charge in [0.2, 0.25) is 0 Å². The second-order valence-electron chi connectivity index (χ2n) is 5.01. The molecule has 5 heteroatoms. The number of anilines is 1. The van der Waals surface area contributed by atoms with Crippen LogP contribution in [0.25, 0.3) is 0 Å². The Bertz CT molecular complexity index is 445. The molecule has 0 radical (unpaired) electrons. The second-order valence-corrected chi connectivity index (χ2v) is 6.19. The topological polar surface area (TPSA) is 42.4 Å². The van der Waals surface area contributed by atoms with Crippen molar-refractivity contribution in [1.29, 1.82) is 0 Å². The van der Waals surface area contributed by atoms with Crippen LogP contribution in [-0.2, 0) is 4.74 Å². The van der Waals surface area contributed by atoms with Gasteiger partial charge >= 0.3 is 5.97 Å². The third-order valence-electron chi connectivity index (χ3n) is 3.51. The Balaban J connectivity index is 2.06. The van der Waals surface area contributed by atoms with E-state index in [-0.39, 0.29) is 5.97 Å². The van der Waals surface area contributed by atoms with Gasteiger partial charge in [0.15, 0.2) is 10.8 Å². The van der Waals surface area contributed by atoms with E-state index < -0.39 is 0 Å². The lowest BCUT2D eigenvalue weighted by Crippen LogP contribution is -2.19. The zero-order valence-electron chi connectivity index (χ0n) is 11.9. The quantitative estimate of drug-likeness (QED) is 0.777. The van der Waals surface area contributed by atoms with Gasteiger partial charge in [-0.15, -0.1) is 11.3 Å². The third-order valence-corrected chi connectivity index (χ3v) is 4.54. The molecule has 0 aromatic carbocycles. The molecule has 4 nitrogen and oxygen atoms in total. The largest absolute Gasteiger partial charge is 0.461 e. The molecule has 2 heterocycles. The molecule has 0 saturated carbocycles. The van der Waals surface area contributed by atoms with E-state index in [1.165, 1.54) is 19.3 Å². The monoisotopic (exact) mass is 282 g/mol. The Labute approximate surface area is 118 Å². The molecule has 0 bridgehead atoms. The number of aryl methyl sites for hydroxylation is 1. The van der Waals surface area contributed by atoms with Crippen LogP contribution in [0.2, 0.25) is 0 Å². The highest BCUT2D eigenvalue weighted by molar-refractivity contribution is 7.15. The molecule has 1 aromatic rings. The van der Waals surface area contributed by atoms with Crippen molar-refractivity contribution in [1.82, 2.24) is 4.98 Å². The summed E-state index contributed by atoms with van der Waals surface area (Å²) in [5.74, 6) is 0.479. The van der Waals surface area contributed by atoms with Crippen LogP contribution in [0.15, 0.2) is 0 Å². The zero-order valence-corrected chi connectivity index (χ0v) is 12.8. The third kappa shape index (κ3) is 3.26. The fourth-order valence-electron chi connectivity index (χ4n) is 2.56. The van der Waals surface area contributed by atoms with Gasteiger partial charge in [-0.2, -0.15) is 0 Å². The maximum Gasteiger partial charge on any atom is 0.358 e. The summed E-state index contributed by atoms with van der Waals surface area (Å²) in [5.41, 5.74) is 0.487. The minimum Gasteiger partial charge on any atom is -0.461 e. The fraction of sp³-hybridized carbons (Fsp3) is 0.714. The number of carbonyl (C=O) groups is 1. The van der Waals surface area contributed by atoms with Gasteiger partial charge in [0.25, 0.3) is 0 Å². The van der Waals surface area contributed by atoms with Gasteiger partial charge in [-0.25, -0.2) is 9.78 Å². The molecule has 1 aromatic heterocycles. The molecule has 0 spiro atoms. The zero-order chi connectivity index (χ0) is 13.8. The number of hydrogen-bond acceptors (Lipinski definition) is 5. The number of ether oxygens (including phenoxy) is 1. The predicted octanol–water partition coefficient (Wildman–Crippen LogP) is 3.25. The van der Waals surface area contributed by atoms with Crippen molar-refractivity contribution in [3.63, 3.8) is 0 Å². The lowest BCUT2D eigenvalue weighted by Gasteiger charge is -2.14. The van der Waals surface area contributed by atoms with E-state index in [0.29, 0.717) is 12.3 Å². The summed E-state index contributed by atoms with van der Waals surface area (Å²) < 4.78 is 5.03. The number of thiazole rings is 1. The Morgan fingerprint density at radius 3 is 3.00 bits per heavy atom. The Kier molecular flexibility index (Phi) is 4.80. The summed E-state index contributed by atoms with van der Waals surface area (Å²) in [7, 11) is 0. The first-order valence-corrected chi connectivity index (χ1v) is 7.86. The Hall–Kier alpha value is -1.10. The SMILES string of the molecule is CCCC1CCN(c2nc(C(=O)OCC)c(C)s2)C1. The number of hydrogen-bond donors (Lipinski definition) is 0. The van der Waals surface area contributed by atoms with Crippen LogP contribution in [0.3, 0.4) is 0 Å². The molecule has 1 unspecified atom stereocenters. The lowest BCUT2D eigenvalue weighted by molar-refractivity contribution is 0.0519. The van der Waals surface area contributed by atoms with Gasteiger partial charge in [-0.1, -0.05) is 13.3 Å². The summed E-state index contributed by atoms with van der Waals surface area (Å²) in [6.07, 6.45) is 3.76. The summed E-state index contributed by atoms with van der Waals surface area (Å²) >= 11 is 1.60. The Morgan fingerprint density at radius 1 is 1.53 bits per heavy atom. The van der Waals surface area contributed by atoms with Crippen LogP contribution in [0.5, 0.6) is 0 Å². The molecule has 1 aliphatic heterocycles. The molecular weight excluding hydrogens is 260 g/mol. The second kappa shape index (κ2) is 6.37. The minimum absolute atomic E-state index is 0.299. The molecule has 1 saturated heterocycles. The molecule has 1 aliphatic rings. The van der Waals surface area contributed by atoms with E-state index in [1.54, 1.807) is 11.3 Å². The average Bonchev–Trinajstić information content (AvgIpc) is 2.96. The van der Waals surface area contributed by atoms with Crippen molar-refractivity contribution < 1.29 is 9.53 Å². The molecule has 1 fully saturated rings. The number of carbonyl (C=O) groups excluding carboxylic acids is 1. The maximum atomic E-state index is 11.8. The van der Waals surface area contributed by atoms with Gasteiger partial charge in [0.1, 0.15) is 0 Å². The molecule has 1 atom stereocenters. The van der Waals surface area contributed by atoms with E-state index in [9.17, 15) is 4.79 Å². The number of aromatic nitrogens is 1. The highest BCUT2D eigenvalue weighted by atomic mass is 32.1. The van der Waals surface area contributed by atoms with Gasteiger partial charge < -0.3 is 9.64 Å². The summed E-state index contributed by atoms with van der Waals surface area (Å²) in [5, 5.41) is 0.971.